The lowest BCUT2D eigenvalue weighted by molar-refractivity contribution is -0.139. The van der Waals surface area contributed by atoms with E-state index < -0.39 is 11.5 Å². The number of carbonyl (C=O) groups is 3. The van der Waals surface area contributed by atoms with Crippen LogP contribution in [0.2, 0.25) is 0 Å². The number of carbonyl (C=O) groups excluding carboxylic acids is 3. The van der Waals surface area contributed by atoms with Gasteiger partial charge in [0.25, 0.3) is 0 Å². The molecule has 2 atom stereocenters. The number of cyclic esters (lactones) is 2. The van der Waals surface area contributed by atoms with E-state index in [1.165, 1.54) is 6.08 Å². The molecular weight excluding hydrogens is 424 g/mol. The van der Waals surface area contributed by atoms with Crippen molar-refractivity contribution in [2.75, 3.05) is 26.2 Å². The van der Waals surface area contributed by atoms with Crippen LogP contribution >= 0.6 is 0 Å². The molecule has 0 bridgehead atoms. The molecule has 1 amide bonds. The average molecular weight is 455 g/mol. The second-order valence-corrected chi connectivity index (χ2v) is 9.66. The van der Waals surface area contributed by atoms with Gasteiger partial charge in [-0.15, -0.1) is 0 Å². The first-order valence-corrected chi connectivity index (χ1v) is 11.7. The lowest BCUT2D eigenvalue weighted by Crippen LogP contribution is -2.45. The molecule has 2 fully saturated rings. The molecule has 0 saturated carbocycles. The summed E-state index contributed by atoms with van der Waals surface area (Å²) in [4.78, 5) is 40.8. The molecule has 4 aliphatic heterocycles. The molecule has 2 saturated heterocycles. The van der Waals surface area contributed by atoms with Crippen molar-refractivity contribution >= 4 is 17.8 Å². The number of nitrogens with zero attached hydrogens (tertiary/aromatic N) is 2. The topological polar surface area (TPSA) is 96.4 Å². The van der Waals surface area contributed by atoms with Gasteiger partial charge < -0.3 is 24.4 Å². The number of aliphatic hydroxyl groups excluding tert-OH is 1. The third-order valence-electron chi connectivity index (χ3n) is 7.90. The predicted octanol–water partition coefficient (Wildman–Crippen LogP) is 2.23. The van der Waals surface area contributed by atoms with E-state index >= 15 is 0 Å². The number of esters is 2. The molecule has 33 heavy (non-hydrogen) atoms. The summed E-state index contributed by atoms with van der Waals surface area (Å²) in [7, 11) is 0. The summed E-state index contributed by atoms with van der Waals surface area (Å²) in [6, 6.07) is 3.65. The summed E-state index contributed by atoms with van der Waals surface area (Å²) < 4.78 is 10.2. The van der Waals surface area contributed by atoms with Crippen LogP contribution in [0.15, 0.2) is 23.9 Å². The molecule has 1 aromatic carbocycles. The van der Waals surface area contributed by atoms with Crippen LogP contribution in [0, 0.1) is 12.3 Å². The van der Waals surface area contributed by atoms with Gasteiger partial charge in [0.2, 0.25) is 5.91 Å². The van der Waals surface area contributed by atoms with Crippen LogP contribution in [-0.2, 0) is 25.7 Å². The minimum Gasteiger partial charge on any atom is -0.457 e. The van der Waals surface area contributed by atoms with Crippen molar-refractivity contribution in [1.29, 1.82) is 0 Å². The Hall–Kier alpha value is -2.71. The van der Waals surface area contributed by atoms with Crippen LogP contribution < -0.4 is 0 Å². The number of piperidine rings is 1. The second kappa shape index (κ2) is 8.25. The summed E-state index contributed by atoms with van der Waals surface area (Å²) in [5.41, 5.74) is 3.45. The quantitative estimate of drug-likeness (QED) is 0.682. The highest BCUT2D eigenvalue weighted by atomic mass is 16.5. The first-order chi connectivity index (χ1) is 15.8. The van der Waals surface area contributed by atoms with Gasteiger partial charge in [-0.25, -0.2) is 9.59 Å². The second-order valence-electron chi connectivity index (χ2n) is 9.66. The number of ether oxygens (including phenoxy) is 2. The maximum Gasteiger partial charge on any atom is 0.338 e. The molecular formula is C25H30N2O6. The summed E-state index contributed by atoms with van der Waals surface area (Å²) in [5.74, 6) is -0.575. The highest BCUT2D eigenvalue weighted by Gasteiger charge is 2.53. The van der Waals surface area contributed by atoms with Crippen molar-refractivity contribution in [3.8, 4) is 0 Å². The van der Waals surface area contributed by atoms with E-state index in [2.05, 4.69) is 11.8 Å². The number of likely N-dealkylation sites (tertiary alicyclic amines) is 2. The highest BCUT2D eigenvalue weighted by Crippen LogP contribution is 2.47. The Balaban J connectivity index is 1.25. The van der Waals surface area contributed by atoms with Crippen molar-refractivity contribution in [3.05, 3.63) is 46.2 Å². The van der Waals surface area contributed by atoms with Gasteiger partial charge in [0, 0.05) is 24.2 Å². The number of aliphatic hydroxyl groups is 1. The largest absolute Gasteiger partial charge is 0.457 e. The molecule has 0 radical (unpaired) electrons. The molecule has 1 spiro atoms. The minimum atomic E-state index is -0.675. The smallest absolute Gasteiger partial charge is 0.338 e. The molecule has 0 aliphatic carbocycles. The van der Waals surface area contributed by atoms with Gasteiger partial charge in [0.15, 0.2) is 0 Å². The zero-order chi connectivity index (χ0) is 23.3. The molecule has 5 rings (SSSR count). The van der Waals surface area contributed by atoms with E-state index in [-0.39, 0.29) is 37.1 Å². The van der Waals surface area contributed by atoms with E-state index in [0.717, 1.165) is 55.5 Å². The molecule has 1 N–H and O–H groups in total. The van der Waals surface area contributed by atoms with Crippen molar-refractivity contribution in [2.45, 2.75) is 58.3 Å². The number of rotatable bonds is 5. The van der Waals surface area contributed by atoms with E-state index in [1.54, 1.807) is 6.07 Å². The van der Waals surface area contributed by atoms with E-state index in [4.69, 9.17) is 9.47 Å². The monoisotopic (exact) mass is 454 g/mol. The number of fused-ring (bicyclic) bond motifs is 1. The van der Waals surface area contributed by atoms with Gasteiger partial charge in [-0.3, -0.25) is 4.79 Å². The first kappa shape index (κ1) is 22.1. The minimum absolute atomic E-state index is 0.0920. The maximum atomic E-state index is 13.5. The molecule has 1 aromatic rings. The van der Waals surface area contributed by atoms with E-state index in [0.29, 0.717) is 17.8 Å². The van der Waals surface area contributed by atoms with Gasteiger partial charge in [0.1, 0.15) is 13.2 Å². The van der Waals surface area contributed by atoms with Gasteiger partial charge in [-0.1, -0.05) is 13.0 Å². The molecule has 0 aromatic heterocycles. The van der Waals surface area contributed by atoms with Gasteiger partial charge in [0.05, 0.1) is 22.8 Å². The van der Waals surface area contributed by atoms with Gasteiger partial charge in [-0.05, 0) is 62.9 Å². The summed E-state index contributed by atoms with van der Waals surface area (Å²) in [6.45, 7) is 6.37. The fourth-order valence-electron chi connectivity index (χ4n) is 5.90. The summed E-state index contributed by atoms with van der Waals surface area (Å²) >= 11 is 0. The molecule has 4 heterocycles. The lowest BCUT2D eigenvalue weighted by atomic mass is 9.75. The highest BCUT2D eigenvalue weighted by molar-refractivity contribution is 5.94. The van der Waals surface area contributed by atoms with E-state index in [9.17, 15) is 19.5 Å². The number of β-amino-alcohol motifs (C(OH)–C–C–N with tert-alkyl or cyclic N) is 1. The van der Waals surface area contributed by atoms with Crippen molar-refractivity contribution in [1.82, 2.24) is 9.80 Å². The SMILES string of the molecule is CCC1CC2(CCN(CC(O)c3ccc4c(c3C)COC4=O)CC2)C(=O)N1C1=CC(=O)OC1. The zero-order valence-corrected chi connectivity index (χ0v) is 19.1. The van der Waals surface area contributed by atoms with Crippen LogP contribution in [0.1, 0.15) is 65.8 Å². The predicted molar refractivity (Wildman–Crippen MR) is 118 cm³/mol. The Labute approximate surface area is 193 Å². The molecule has 8 heteroatoms. The van der Waals surface area contributed by atoms with Crippen molar-refractivity contribution in [3.63, 3.8) is 0 Å². The van der Waals surface area contributed by atoms with Crippen molar-refractivity contribution < 1.29 is 29.0 Å². The fourth-order valence-corrected chi connectivity index (χ4v) is 5.90. The van der Waals surface area contributed by atoms with Gasteiger partial charge in [-0.2, -0.15) is 0 Å². The Kier molecular flexibility index (Phi) is 5.53. The van der Waals surface area contributed by atoms with Crippen molar-refractivity contribution in [2.24, 2.45) is 5.41 Å². The summed E-state index contributed by atoms with van der Waals surface area (Å²) in [6.07, 6.45) is 3.88. The number of benzene rings is 1. The Morgan fingerprint density at radius 3 is 2.58 bits per heavy atom. The van der Waals surface area contributed by atoms with Crippen LogP contribution in [0.4, 0.5) is 0 Å². The molecule has 8 nitrogen and oxygen atoms in total. The van der Waals surface area contributed by atoms with E-state index in [1.807, 2.05) is 17.9 Å². The van der Waals surface area contributed by atoms with Gasteiger partial charge >= 0.3 is 11.9 Å². The first-order valence-electron chi connectivity index (χ1n) is 11.7. The van der Waals surface area contributed by atoms with Crippen LogP contribution in [-0.4, -0.2) is 65.0 Å². The maximum absolute atomic E-state index is 13.5. The summed E-state index contributed by atoms with van der Waals surface area (Å²) in [5, 5.41) is 11.0. The number of amides is 1. The Morgan fingerprint density at radius 1 is 1.15 bits per heavy atom. The lowest BCUT2D eigenvalue weighted by Gasteiger charge is -2.38. The fraction of sp³-hybridized carbons (Fsp3) is 0.560. The zero-order valence-electron chi connectivity index (χ0n) is 19.1. The van der Waals surface area contributed by atoms with Crippen LogP contribution in [0.25, 0.3) is 0 Å². The average Bonchev–Trinajstić information content (AvgIpc) is 3.47. The number of hydrogen-bond donors (Lipinski definition) is 1. The molecule has 176 valence electrons. The normalized spacial score (nSPS) is 25.3. The van der Waals surface area contributed by atoms with Crippen LogP contribution in [0.3, 0.4) is 0 Å². The third kappa shape index (κ3) is 3.65. The Morgan fingerprint density at radius 2 is 1.91 bits per heavy atom. The standard InChI is InChI=1S/C25H30N2O6/c1-3-16-11-25(24(31)27(16)17-10-22(29)32-13-17)6-8-26(9-7-25)12-21(28)18-4-5-19-20(15(18)2)14-33-23(19)30/h4-5,10,16,21,28H,3,6-9,11-14H2,1-2H3. The Bertz CT molecular complexity index is 1040. The molecule has 4 aliphatic rings. The third-order valence-corrected chi connectivity index (χ3v) is 7.90. The molecule has 2 unspecified atom stereocenters. The number of hydrogen-bond acceptors (Lipinski definition) is 7. The van der Waals surface area contributed by atoms with Crippen LogP contribution in [0.5, 0.6) is 0 Å².